The number of rotatable bonds is 6. The van der Waals surface area contributed by atoms with Gasteiger partial charge in [-0.3, -0.25) is 0 Å². The summed E-state index contributed by atoms with van der Waals surface area (Å²) in [6.45, 7) is 0. The SMILES string of the molecule is COC(=O)c1cc(C(O)(c2ccc(O)c(C(=O)OC)c2)c2ccc(O)c(C(=O)OC)c2)ccc1O. The lowest BCUT2D eigenvalue weighted by molar-refractivity contribution is 0.0588. The molecule has 35 heavy (non-hydrogen) atoms. The fraction of sp³-hybridized carbons (Fsp3) is 0.160. The summed E-state index contributed by atoms with van der Waals surface area (Å²) in [7, 11) is 3.35. The molecule has 3 rings (SSSR count). The maximum Gasteiger partial charge on any atom is 0.341 e. The molecule has 0 saturated carbocycles. The average molecular weight is 482 g/mol. The van der Waals surface area contributed by atoms with Crippen LogP contribution in [0.25, 0.3) is 0 Å². The van der Waals surface area contributed by atoms with Crippen LogP contribution < -0.4 is 0 Å². The number of benzene rings is 3. The van der Waals surface area contributed by atoms with E-state index >= 15 is 0 Å². The molecule has 0 heterocycles. The van der Waals surface area contributed by atoms with E-state index in [1.807, 2.05) is 0 Å². The summed E-state index contributed by atoms with van der Waals surface area (Å²) in [5.74, 6) is -3.88. The number of hydrogen-bond donors (Lipinski definition) is 4. The van der Waals surface area contributed by atoms with Gasteiger partial charge < -0.3 is 34.6 Å². The zero-order valence-corrected chi connectivity index (χ0v) is 18.9. The maximum atomic E-state index is 12.2. The van der Waals surface area contributed by atoms with Crippen molar-refractivity contribution in [3.05, 3.63) is 88.0 Å². The predicted molar refractivity (Wildman–Crippen MR) is 120 cm³/mol. The number of ether oxygens (including phenoxy) is 3. The van der Waals surface area contributed by atoms with Crippen molar-refractivity contribution < 1.29 is 49.0 Å². The Labute approximate surface area is 199 Å². The van der Waals surface area contributed by atoms with E-state index in [1.165, 1.54) is 36.4 Å². The van der Waals surface area contributed by atoms with Gasteiger partial charge in [-0.1, -0.05) is 18.2 Å². The molecule has 0 atom stereocenters. The van der Waals surface area contributed by atoms with Crippen LogP contribution >= 0.6 is 0 Å². The fourth-order valence-electron chi connectivity index (χ4n) is 3.60. The molecule has 3 aromatic carbocycles. The minimum Gasteiger partial charge on any atom is -0.507 e. The summed E-state index contributed by atoms with van der Waals surface area (Å²) in [5, 5.41) is 42.6. The van der Waals surface area contributed by atoms with E-state index in [1.54, 1.807) is 0 Å². The minimum atomic E-state index is -2.18. The maximum absolute atomic E-state index is 12.2. The van der Waals surface area contributed by atoms with Crippen LogP contribution in [0.1, 0.15) is 47.8 Å². The molecule has 182 valence electrons. The Morgan fingerprint density at radius 1 is 0.571 bits per heavy atom. The van der Waals surface area contributed by atoms with E-state index in [4.69, 9.17) is 0 Å². The van der Waals surface area contributed by atoms with Crippen LogP contribution in [-0.4, -0.2) is 59.7 Å². The van der Waals surface area contributed by atoms with Gasteiger partial charge in [0.1, 0.15) is 39.5 Å². The van der Waals surface area contributed by atoms with Gasteiger partial charge >= 0.3 is 17.9 Å². The van der Waals surface area contributed by atoms with E-state index in [0.29, 0.717) is 0 Å². The molecule has 0 fully saturated rings. The molecule has 3 aromatic rings. The summed E-state index contributed by atoms with van der Waals surface area (Å²) >= 11 is 0. The third-order valence-electron chi connectivity index (χ3n) is 5.46. The summed E-state index contributed by atoms with van der Waals surface area (Å²) in [6, 6.07) is 11.0. The molecule has 0 aliphatic carbocycles. The van der Waals surface area contributed by atoms with Crippen molar-refractivity contribution in [2.45, 2.75) is 5.60 Å². The topological polar surface area (TPSA) is 160 Å². The summed E-state index contributed by atoms with van der Waals surface area (Å²) in [4.78, 5) is 36.6. The number of hydrogen-bond acceptors (Lipinski definition) is 10. The molecule has 0 radical (unpaired) electrons. The number of phenolic OH excluding ortho intramolecular Hbond substituents is 3. The molecule has 0 saturated heterocycles. The summed E-state index contributed by atoms with van der Waals surface area (Å²) in [5.41, 5.74) is -2.88. The zero-order chi connectivity index (χ0) is 25.9. The summed E-state index contributed by atoms with van der Waals surface area (Å²) < 4.78 is 14.1. The van der Waals surface area contributed by atoms with Crippen molar-refractivity contribution in [2.24, 2.45) is 0 Å². The molecular formula is C25H22O10. The number of esters is 3. The van der Waals surface area contributed by atoms with Gasteiger partial charge in [-0.2, -0.15) is 0 Å². The first-order chi connectivity index (χ1) is 16.6. The van der Waals surface area contributed by atoms with Crippen molar-refractivity contribution in [1.82, 2.24) is 0 Å². The molecule has 0 bridgehead atoms. The number of carbonyl (C=O) groups excluding carboxylic acids is 3. The second-order valence-electron chi connectivity index (χ2n) is 7.38. The number of methoxy groups -OCH3 is 3. The van der Waals surface area contributed by atoms with Crippen LogP contribution in [0.5, 0.6) is 17.2 Å². The predicted octanol–water partition coefficient (Wildman–Crippen LogP) is 2.45. The third-order valence-corrected chi connectivity index (χ3v) is 5.46. The lowest BCUT2D eigenvalue weighted by Crippen LogP contribution is -2.30. The molecule has 10 heteroatoms. The molecule has 0 aliphatic heterocycles. The van der Waals surface area contributed by atoms with Crippen LogP contribution in [0.2, 0.25) is 0 Å². The first kappa shape index (κ1) is 25.1. The number of aliphatic hydroxyl groups is 1. The van der Waals surface area contributed by atoms with Crippen molar-refractivity contribution in [3.8, 4) is 17.2 Å². The van der Waals surface area contributed by atoms with Gasteiger partial charge in [-0.05, 0) is 53.1 Å². The highest BCUT2D eigenvalue weighted by atomic mass is 16.5. The monoisotopic (exact) mass is 482 g/mol. The van der Waals surface area contributed by atoms with Crippen LogP contribution in [0.15, 0.2) is 54.6 Å². The largest absolute Gasteiger partial charge is 0.507 e. The van der Waals surface area contributed by atoms with Crippen LogP contribution in [0, 0.1) is 0 Å². The first-order valence-corrected chi connectivity index (χ1v) is 10.1. The second kappa shape index (κ2) is 9.74. The van der Waals surface area contributed by atoms with Gasteiger partial charge in [0.2, 0.25) is 0 Å². The Bertz CT molecular complexity index is 1150. The first-order valence-electron chi connectivity index (χ1n) is 10.1. The van der Waals surface area contributed by atoms with E-state index in [9.17, 15) is 34.8 Å². The van der Waals surface area contributed by atoms with Gasteiger partial charge in [-0.25, -0.2) is 14.4 Å². The van der Waals surface area contributed by atoms with Gasteiger partial charge in [0.05, 0.1) is 21.3 Å². The smallest absolute Gasteiger partial charge is 0.341 e. The molecule has 10 nitrogen and oxygen atoms in total. The molecule has 0 spiro atoms. The Morgan fingerprint density at radius 2 is 0.829 bits per heavy atom. The lowest BCUT2D eigenvalue weighted by atomic mass is 9.78. The molecule has 0 unspecified atom stereocenters. The van der Waals surface area contributed by atoms with Crippen LogP contribution in [0.4, 0.5) is 0 Å². The Balaban J connectivity index is 2.39. The summed E-state index contributed by atoms with van der Waals surface area (Å²) in [6.07, 6.45) is 0. The third kappa shape index (κ3) is 4.46. The number of phenols is 3. The fourth-order valence-corrected chi connectivity index (χ4v) is 3.60. The highest BCUT2D eigenvalue weighted by Gasteiger charge is 2.37. The standard InChI is InChI=1S/C25H22O10/c1-33-22(29)16-10-13(4-7-19(16)26)25(32,14-5-8-20(27)17(11-14)23(30)34-2)15-6-9-21(28)18(12-15)24(31)35-3/h4-12,26-28,32H,1-3H3. The lowest BCUT2D eigenvalue weighted by Gasteiger charge is -2.31. The number of aromatic hydroxyl groups is 3. The molecule has 0 aromatic heterocycles. The zero-order valence-electron chi connectivity index (χ0n) is 18.9. The Kier molecular flexibility index (Phi) is 6.97. The van der Waals surface area contributed by atoms with Crippen LogP contribution in [-0.2, 0) is 19.8 Å². The van der Waals surface area contributed by atoms with E-state index in [-0.39, 0.29) is 33.4 Å². The molecular weight excluding hydrogens is 460 g/mol. The van der Waals surface area contributed by atoms with Gasteiger partial charge in [0.15, 0.2) is 0 Å². The van der Waals surface area contributed by atoms with Crippen molar-refractivity contribution in [3.63, 3.8) is 0 Å². The average Bonchev–Trinajstić information content (AvgIpc) is 2.87. The van der Waals surface area contributed by atoms with Crippen molar-refractivity contribution >= 4 is 17.9 Å². The quantitative estimate of drug-likeness (QED) is 0.233. The minimum absolute atomic E-state index is 0.0266. The van der Waals surface area contributed by atoms with Gasteiger partial charge in [0.25, 0.3) is 0 Å². The van der Waals surface area contributed by atoms with E-state index in [0.717, 1.165) is 39.5 Å². The molecule has 4 N–H and O–H groups in total. The normalized spacial score (nSPS) is 11.0. The second-order valence-corrected chi connectivity index (χ2v) is 7.38. The van der Waals surface area contributed by atoms with E-state index < -0.39 is 40.8 Å². The molecule has 0 amide bonds. The van der Waals surface area contributed by atoms with Gasteiger partial charge in [-0.15, -0.1) is 0 Å². The Hall–Kier alpha value is -4.57. The van der Waals surface area contributed by atoms with E-state index in [2.05, 4.69) is 14.2 Å². The Morgan fingerprint density at radius 3 is 1.06 bits per heavy atom. The highest BCUT2D eigenvalue weighted by Crippen LogP contribution is 2.41. The van der Waals surface area contributed by atoms with Gasteiger partial charge in [0, 0.05) is 0 Å². The highest BCUT2D eigenvalue weighted by molar-refractivity contribution is 5.94. The van der Waals surface area contributed by atoms with Crippen molar-refractivity contribution in [1.29, 1.82) is 0 Å². The molecule has 0 aliphatic rings. The van der Waals surface area contributed by atoms with Crippen molar-refractivity contribution in [2.75, 3.05) is 21.3 Å². The van der Waals surface area contributed by atoms with Crippen LogP contribution in [0.3, 0.4) is 0 Å². The number of carbonyl (C=O) groups is 3.